The second-order valence-corrected chi connectivity index (χ2v) is 9.44. The third-order valence-corrected chi connectivity index (χ3v) is 6.25. The molecule has 0 radical (unpaired) electrons. The topological polar surface area (TPSA) is 62.1 Å². The molecule has 0 aromatic heterocycles. The van der Waals surface area contributed by atoms with Crippen molar-refractivity contribution < 1.29 is 14.6 Å². The fraction of sp³-hybridized carbons (Fsp3) is 0.619. The molecule has 1 aromatic rings. The van der Waals surface area contributed by atoms with Crippen LogP contribution in [0, 0.1) is 5.92 Å². The number of aliphatic imine (C=N–C) groups is 1. The fourth-order valence-electron chi connectivity index (χ4n) is 3.42. The molecule has 2 heterocycles. The molecule has 6 heteroatoms. The Morgan fingerprint density at radius 3 is 2.59 bits per heavy atom. The van der Waals surface area contributed by atoms with Gasteiger partial charge in [-0.05, 0) is 45.6 Å². The van der Waals surface area contributed by atoms with Crippen molar-refractivity contribution in [3.05, 3.63) is 35.9 Å². The first-order chi connectivity index (χ1) is 12.7. The van der Waals surface area contributed by atoms with E-state index in [0.29, 0.717) is 31.2 Å². The van der Waals surface area contributed by atoms with Gasteiger partial charge in [-0.1, -0.05) is 30.3 Å². The van der Waals surface area contributed by atoms with Gasteiger partial charge in [-0.2, -0.15) is 0 Å². The molecule has 1 aromatic carbocycles. The van der Waals surface area contributed by atoms with Gasteiger partial charge < -0.3 is 14.7 Å². The molecule has 1 N–H and O–H groups in total. The van der Waals surface area contributed by atoms with Crippen LogP contribution in [0.3, 0.4) is 0 Å². The first-order valence-corrected chi connectivity index (χ1v) is 10.7. The van der Waals surface area contributed by atoms with E-state index < -0.39 is 11.3 Å². The van der Waals surface area contributed by atoms with E-state index in [4.69, 9.17) is 4.74 Å². The Bertz CT molecular complexity index is 678. The quantitative estimate of drug-likeness (QED) is 0.841. The smallest absolute Gasteiger partial charge is 0.410 e. The molecule has 1 fully saturated rings. The number of benzene rings is 1. The predicted octanol–water partition coefficient (Wildman–Crippen LogP) is 4.10. The number of rotatable bonds is 4. The summed E-state index contributed by atoms with van der Waals surface area (Å²) in [5, 5.41) is 11.9. The molecular weight excluding hydrogens is 360 g/mol. The molecule has 3 rings (SSSR count). The lowest BCUT2D eigenvalue weighted by molar-refractivity contribution is 0.0201. The van der Waals surface area contributed by atoms with E-state index >= 15 is 0 Å². The van der Waals surface area contributed by atoms with Crippen molar-refractivity contribution in [2.24, 2.45) is 10.9 Å². The van der Waals surface area contributed by atoms with Crippen LogP contribution in [-0.2, 0) is 11.2 Å². The number of carbonyl (C=O) groups is 1. The van der Waals surface area contributed by atoms with E-state index in [1.165, 1.54) is 5.56 Å². The average Bonchev–Trinajstić information content (AvgIpc) is 3.02. The third kappa shape index (κ3) is 5.72. The predicted molar refractivity (Wildman–Crippen MR) is 110 cm³/mol. The summed E-state index contributed by atoms with van der Waals surface area (Å²) in [6.07, 6.45) is 2.98. The van der Waals surface area contributed by atoms with Gasteiger partial charge in [0, 0.05) is 31.2 Å². The molecule has 2 aliphatic heterocycles. The Hall–Kier alpha value is -1.53. The first-order valence-electron chi connectivity index (χ1n) is 9.71. The minimum atomic E-state index is -0.960. The molecule has 148 valence electrons. The zero-order chi connectivity index (χ0) is 19.5. The number of thioether (sulfide) groups is 1. The maximum atomic E-state index is 12.2. The highest BCUT2D eigenvalue weighted by molar-refractivity contribution is 8.14. The molecule has 1 atom stereocenters. The highest BCUT2D eigenvalue weighted by Crippen LogP contribution is 2.36. The molecule has 0 aliphatic carbocycles. The van der Waals surface area contributed by atoms with Crippen molar-refractivity contribution >= 4 is 22.9 Å². The molecule has 1 saturated heterocycles. The summed E-state index contributed by atoms with van der Waals surface area (Å²) < 4.78 is 5.46. The van der Waals surface area contributed by atoms with Gasteiger partial charge in [-0.15, -0.1) is 11.8 Å². The number of hydrogen-bond acceptors (Lipinski definition) is 5. The maximum Gasteiger partial charge on any atom is 0.410 e. The lowest BCUT2D eigenvalue weighted by Crippen LogP contribution is -2.42. The number of nitrogens with zero attached hydrogens (tertiary/aromatic N) is 2. The van der Waals surface area contributed by atoms with Crippen LogP contribution in [0.4, 0.5) is 4.79 Å². The Morgan fingerprint density at radius 2 is 1.96 bits per heavy atom. The third-order valence-electron chi connectivity index (χ3n) is 4.92. The molecule has 0 spiro atoms. The van der Waals surface area contributed by atoms with Crippen LogP contribution in [0.1, 0.15) is 45.6 Å². The minimum absolute atomic E-state index is 0.235. The monoisotopic (exact) mass is 390 g/mol. The Morgan fingerprint density at radius 1 is 1.30 bits per heavy atom. The van der Waals surface area contributed by atoms with Crippen LogP contribution in [0.25, 0.3) is 0 Å². The van der Waals surface area contributed by atoms with Crippen LogP contribution in [0.2, 0.25) is 0 Å². The summed E-state index contributed by atoms with van der Waals surface area (Å²) >= 11 is 1.68. The van der Waals surface area contributed by atoms with Crippen molar-refractivity contribution in [1.82, 2.24) is 4.90 Å². The summed E-state index contributed by atoms with van der Waals surface area (Å²) in [7, 11) is 0. The zero-order valence-electron chi connectivity index (χ0n) is 16.5. The number of carbonyl (C=O) groups excluding carboxylic acids is 1. The Labute approximate surface area is 166 Å². The molecule has 1 amide bonds. The molecule has 2 aliphatic rings. The molecule has 5 nitrogen and oxygen atoms in total. The highest BCUT2D eigenvalue weighted by atomic mass is 32.2. The van der Waals surface area contributed by atoms with E-state index in [1.807, 2.05) is 39.0 Å². The standard InChI is InChI=1S/C21H30N2O3S/c1-20(2,3)26-19(24)23-13-10-17(11-14-23)18-22-21(25,15-27-18)12-9-16-7-5-4-6-8-16/h4-8,17,25H,9-15H2,1-3H3. The van der Waals surface area contributed by atoms with Crippen molar-refractivity contribution in [3.8, 4) is 0 Å². The number of aliphatic hydroxyl groups is 1. The van der Waals surface area contributed by atoms with E-state index in [1.54, 1.807) is 16.7 Å². The second kappa shape index (κ2) is 8.23. The van der Waals surface area contributed by atoms with Gasteiger partial charge in [0.05, 0.1) is 5.04 Å². The zero-order valence-corrected chi connectivity index (χ0v) is 17.3. The van der Waals surface area contributed by atoms with Gasteiger partial charge in [0.2, 0.25) is 0 Å². The number of likely N-dealkylation sites (tertiary alicyclic amines) is 1. The van der Waals surface area contributed by atoms with Crippen molar-refractivity contribution in [1.29, 1.82) is 0 Å². The normalized spacial score (nSPS) is 24.0. The van der Waals surface area contributed by atoms with Crippen molar-refractivity contribution in [2.45, 2.75) is 57.8 Å². The number of piperidine rings is 1. The largest absolute Gasteiger partial charge is 0.444 e. The Balaban J connectivity index is 1.51. The SMILES string of the molecule is CC(C)(C)OC(=O)N1CCC(C2=NC(O)(CCc3ccccc3)CS2)CC1. The summed E-state index contributed by atoms with van der Waals surface area (Å²) in [4.78, 5) is 18.7. The van der Waals surface area contributed by atoms with E-state index in [9.17, 15) is 9.90 Å². The van der Waals surface area contributed by atoms with E-state index in [-0.39, 0.29) is 6.09 Å². The van der Waals surface area contributed by atoms with Crippen molar-refractivity contribution in [2.75, 3.05) is 18.8 Å². The van der Waals surface area contributed by atoms with Gasteiger partial charge >= 0.3 is 6.09 Å². The fourth-order valence-corrected chi connectivity index (χ4v) is 4.71. The highest BCUT2D eigenvalue weighted by Gasteiger charge is 2.37. The summed E-state index contributed by atoms with van der Waals surface area (Å²) in [6.45, 7) is 7.02. The molecule has 0 bridgehead atoms. The summed E-state index contributed by atoms with van der Waals surface area (Å²) in [5.41, 5.74) is -0.197. The van der Waals surface area contributed by atoms with Crippen molar-refractivity contribution in [3.63, 3.8) is 0 Å². The summed E-state index contributed by atoms with van der Waals surface area (Å²) in [5.74, 6) is 0.959. The number of aryl methyl sites for hydroxylation is 1. The van der Waals surface area contributed by atoms with Crippen LogP contribution >= 0.6 is 11.8 Å². The lowest BCUT2D eigenvalue weighted by Gasteiger charge is -2.33. The van der Waals surface area contributed by atoms with Gasteiger partial charge in [-0.25, -0.2) is 9.79 Å². The van der Waals surface area contributed by atoms with E-state index in [2.05, 4.69) is 17.1 Å². The molecule has 1 unspecified atom stereocenters. The van der Waals surface area contributed by atoms with Crippen LogP contribution < -0.4 is 0 Å². The number of hydrogen-bond donors (Lipinski definition) is 1. The van der Waals surface area contributed by atoms with Gasteiger partial charge in [0.1, 0.15) is 5.60 Å². The van der Waals surface area contributed by atoms with Gasteiger partial charge in [0.15, 0.2) is 5.72 Å². The maximum absolute atomic E-state index is 12.2. The second-order valence-electron chi connectivity index (χ2n) is 8.45. The molecule has 27 heavy (non-hydrogen) atoms. The van der Waals surface area contributed by atoms with Crippen LogP contribution in [0.15, 0.2) is 35.3 Å². The average molecular weight is 391 g/mol. The van der Waals surface area contributed by atoms with E-state index in [0.717, 1.165) is 24.3 Å². The molecular formula is C21H30N2O3S. The van der Waals surface area contributed by atoms with Crippen LogP contribution in [-0.4, -0.2) is 51.3 Å². The van der Waals surface area contributed by atoms with Crippen LogP contribution in [0.5, 0.6) is 0 Å². The number of amides is 1. The van der Waals surface area contributed by atoms with Gasteiger partial charge in [-0.3, -0.25) is 0 Å². The molecule has 0 saturated carbocycles. The van der Waals surface area contributed by atoms with Gasteiger partial charge in [0.25, 0.3) is 0 Å². The first kappa shape index (κ1) is 20.2. The lowest BCUT2D eigenvalue weighted by atomic mass is 9.97. The Kier molecular flexibility index (Phi) is 6.16. The summed E-state index contributed by atoms with van der Waals surface area (Å²) in [6, 6.07) is 10.2. The minimum Gasteiger partial charge on any atom is -0.444 e. The number of ether oxygens (including phenoxy) is 1.